The van der Waals surface area contributed by atoms with Gasteiger partial charge in [-0.3, -0.25) is 9.59 Å². The molecule has 0 aliphatic carbocycles. The lowest BCUT2D eigenvalue weighted by molar-refractivity contribution is -0.138. The molecule has 2 rings (SSSR count). The van der Waals surface area contributed by atoms with E-state index in [9.17, 15) is 18.4 Å². The van der Waals surface area contributed by atoms with Gasteiger partial charge in [0.1, 0.15) is 17.7 Å². The largest absolute Gasteiger partial charge is 0.354 e. The van der Waals surface area contributed by atoms with Gasteiger partial charge < -0.3 is 10.2 Å². The molecule has 1 N–H and O–H groups in total. The van der Waals surface area contributed by atoms with Crippen LogP contribution < -0.4 is 5.32 Å². The van der Waals surface area contributed by atoms with Gasteiger partial charge in [-0.15, -0.1) is 11.8 Å². The minimum Gasteiger partial charge on any atom is -0.354 e. The third kappa shape index (κ3) is 7.44. The lowest BCUT2D eigenvalue weighted by Crippen LogP contribution is -2.48. The van der Waals surface area contributed by atoms with Crippen molar-refractivity contribution in [1.82, 2.24) is 10.2 Å². The van der Waals surface area contributed by atoms with Gasteiger partial charge in [0.25, 0.3) is 0 Å². The van der Waals surface area contributed by atoms with Gasteiger partial charge >= 0.3 is 0 Å². The number of carbonyl (C=O) groups is 2. The van der Waals surface area contributed by atoms with E-state index in [1.807, 2.05) is 13.8 Å². The molecule has 30 heavy (non-hydrogen) atoms. The molecule has 1 atom stereocenters. The average Bonchev–Trinajstić information content (AvgIpc) is 2.72. The van der Waals surface area contributed by atoms with Gasteiger partial charge in [-0.25, -0.2) is 8.78 Å². The van der Waals surface area contributed by atoms with E-state index in [2.05, 4.69) is 5.32 Å². The van der Waals surface area contributed by atoms with Crippen LogP contribution in [-0.2, 0) is 21.9 Å². The highest BCUT2D eigenvalue weighted by Gasteiger charge is 2.26. The molecule has 0 saturated heterocycles. The third-order valence-corrected chi connectivity index (χ3v) is 5.53. The second kappa shape index (κ2) is 11.7. The lowest BCUT2D eigenvalue weighted by atomic mass is 10.1. The molecule has 4 nitrogen and oxygen atoms in total. The fourth-order valence-corrected chi connectivity index (χ4v) is 3.66. The van der Waals surface area contributed by atoms with Gasteiger partial charge in [0.2, 0.25) is 11.8 Å². The van der Waals surface area contributed by atoms with Crippen LogP contribution in [0.25, 0.3) is 0 Å². The molecule has 0 saturated carbocycles. The molecule has 0 aliphatic heterocycles. The number of thioether (sulfide) groups is 1. The lowest BCUT2D eigenvalue weighted by Gasteiger charge is -2.29. The quantitative estimate of drug-likeness (QED) is 0.604. The summed E-state index contributed by atoms with van der Waals surface area (Å²) in [6.45, 7) is 6.37. The fraction of sp³-hybridized carbons (Fsp3) is 0.391. The van der Waals surface area contributed by atoms with Crippen molar-refractivity contribution in [3.05, 3.63) is 71.3 Å². The Morgan fingerprint density at radius 2 is 1.70 bits per heavy atom. The van der Waals surface area contributed by atoms with E-state index in [1.54, 1.807) is 37.3 Å². The summed E-state index contributed by atoms with van der Waals surface area (Å²) in [7, 11) is 0. The second-order valence-corrected chi connectivity index (χ2v) is 8.53. The predicted octanol–water partition coefficient (Wildman–Crippen LogP) is 4.39. The van der Waals surface area contributed by atoms with E-state index in [1.165, 1.54) is 34.9 Å². The van der Waals surface area contributed by atoms with Crippen LogP contribution >= 0.6 is 11.8 Å². The number of hydrogen-bond donors (Lipinski definition) is 1. The molecular formula is C23H28F2N2O2S. The monoisotopic (exact) mass is 434 g/mol. The summed E-state index contributed by atoms with van der Waals surface area (Å²) in [5.41, 5.74) is 1.26. The molecule has 2 aromatic carbocycles. The molecule has 0 aromatic heterocycles. The van der Waals surface area contributed by atoms with Crippen LogP contribution in [0.2, 0.25) is 0 Å². The maximum absolute atomic E-state index is 13.8. The van der Waals surface area contributed by atoms with Gasteiger partial charge in [-0.05, 0) is 42.2 Å². The van der Waals surface area contributed by atoms with Crippen LogP contribution in [0.15, 0.2) is 48.5 Å². The standard InChI is InChI=1S/C23H28F2N2O2S/c1-16(2)12-26-23(29)17(3)27(13-18-8-10-20(24)11-9-18)22(28)15-30-14-19-6-4-5-7-21(19)25/h4-11,16-17H,12-15H2,1-3H3,(H,26,29)/t17-/m1/s1. The number of benzene rings is 2. The summed E-state index contributed by atoms with van der Waals surface area (Å²) in [6, 6.07) is 11.6. The molecule has 0 aliphatic rings. The predicted molar refractivity (Wildman–Crippen MR) is 117 cm³/mol. The number of rotatable bonds is 10. The summed E-state index contributed by atoms with van der Waals surface area (Å²) in [4.78, 5) is 27.0. The molecule has 0 heterocycles. The van der Waals surface area contributed by atoms with E-state index in [0.717, 1.165) is 5.56 Å². The molecule has 0 bridgehead atoms. The van der Waals surface area contributed by atoms with Crippen molar-refractivity contribution < 1.29 is 18.4 Å². The number of halogens is 2. The Balaban J connectivity index is 2.06. The highest BCUT2D eigenvalue weighted by atomic mass is 32.2. The fourth-order valence-electron chi connectivity index (χ4n) is 2.77. The minimum atomic E-state index is -0.685. The van der Waals surface area contributed by atoms with Gasteiger partial charge in [0.05, 0.1) is 5.75 Å². The highest BCUT2D eigenvalue weighted by Crippen LogP contribution is 2.18. The van der Waals surface area contributed by atoms with Crippen LogP contribution in [0.5, 0.6) is 0 Å². The Kier molecular flexibility index (Phi) is 9.30. The molecule has 0 unspecified atom stereocenters. The van der Waals surface area contributed by atoms with Crippen molar-refractivity contribution >= 4 is 23.6 Å². The van der Waals surface area contributed by atoms with E-state index >= 15 is 0 Å². The zero-order valence-electron chi connectivity index (χ0n) is 17.5. The maximum Gasteiger partial charge on any atom is 0.242 e. The maximum atomic E-state index is 13.8. The number of carbonyl (C=O) groups excluding carboxylic acids is 2. The zero-order valence-corrected chi connectivity index (χ0v) is 18.3. The van der Waals surface area contributed by atoms with E-state index in [4.69, 9.17) is 0 Å². The SMILES string of the molecule is CC(C)CNC(=O)[C@@H](C)N(Cc1ccc(F)cc1)C(=O)CSCc1ccccc1F. The van der Waals surface area contributed by atoms with Crippen molar-refractivity contribution in [2.45, 2.75) is 39.1 Å². The number of amides is 2. The van der Waals surface area contributed by atoms with Gasteiger partial charge in [0, 0.05) is 18.8 Å². The van der Waals surface area contributed by atoms with Crippen LogP contribution in [-0.4, -0.2) is 35.1 Å². The van der Waals surface area contributed by atoms with Crippen LogP contribution in [0.4, 0.5) is 8.78 Å². The zero-order chi connectivity index (χ0) is 22.1. The summed E-state index contributed by atoms with van der Waals surface area (Å²) in [5.74, 6) is -0.375. The molecule has 0 radical (unpaired) electrons. The molecule has 7 heteroatoms. The topological polar surface area (TPSA) is 49.4 Å². The number of nitrogens with one attached hydrogen (secondary N) is 1. The molecule has 2 amide bonds. The molecular weight excluding hydrogens is 406 g/mol. The minimum absolute atomic E-state index is 0.108. The number of hydrogen-bond acceptors (Lipinski definition) is 3. The first-order valence-electron chi connectivity index (χ1n) is 9.90. The van der Waals surface area contributed by atoms with Crippen molar-refractivity contribution in [2.75, 3.05) is 12.3 Å². The Hall–Kier alpha value is -2.41. The first-order valence-corrected chi connectivity index (χ1v) is 11.1. The first kappa shape index (κ1) is 23.9. The van der Waals surface area contributed by atoms with E-state index < -0.39 is 6.04 Å². The smallest absolute Gasteiger partial charge is 0.242 e. The van der Waals surface area contributed by atoms with Crippen molar-refractivity contribution in [1.29, 1.82) is 0 Å². The van der Waals surface area contributed by atoms with Crippen LogP contribution in [0.1, 0.15) is 31.9 Å². The third-order valence-electron chi connectivity index (χ3n) is 4.56. The highest BCUT2D eigenvalue weighted by molar-refractivity contribution is 7.99. The average molecular weight is 435 g/mol. The summed E-state index contributed by atoms with van der Waals surface area (Å²) < 4.78 is 27.0. The first-order chi connectivity index (χ1) is 14.3. The van der Waals surface area contributed by atoms with Crippen LogP contribution in [0.3, 0.4) is 0 Å². The summed E-state index contributed by atoms with van der Waals surface area (Å²) in [6.07, 6.45) is 0. The van der Waals surface area contributed by atoms with Gasteiger partial charge in [-0.1, -0.05) is 44.2 Å². The summed E-state index contributed by atoms with van der Waals surface area (Å²) >= 11 is 1.29. The van der Waals surface area contributed by atoms with Crippen molar-refractivity contribution in [3.63, 3.8) is 0 Å². The molecule has 2 aromatic rings. The van der Waals surface area contributed by atoms with Crippen molar-refractivity contribution in [3.8, 4) is 0 Å². The van der Waals surface area contributed by atoms with Crippen molar-refractivity contribution in [2.24, 2.45) is 5.92 Å². The molecule has 162 valence electrons. The normalized spacial score (nSPS) is 11.9. The summed E-state index contributed by atoms with van der Waals surface area (Å²) in [5, 5.41) is 2.85. The Labute approximate surface area is 181 Å². The second-order valence-electron chi connectivity index (χ2n) is 7.55. The molecule has 0 spiro atoms. The van der Waals surface area contributed by atoms with E-state index in [-0.39, 0.29) is 35.7 Å². The van der Waals surface area contributed by atoms with Gasteiger partial charge in [-0.2, -0.15) is 0 Å². The molecule has 0 fully saturated rings. The van der Waals surface area contributed by atoms with Gasteiger partial charge in [0.15, 0.2) is 0 Å². The Bertz CT molecular complexity index is 843. The van der Waals surface area contributed by atoms with E-state index in [0.29, 0.717) is 23.8 Å². The Morgan fingerprint density at radius 1 is 1.03 bits per heavy atom. The van der Waals surface area contributed by atoms with Crippen LogP contribution in [0, 0.1) is 17.6 Å². The Morgan fingerprint density at radius 3 is 2.33 bits per heavy atom. The number of nitrogens with zero attached hydrogens (tertiary/aromatic N) is 1.